The Labute approximate surface area is 82.0 Å². The molecule has 0 spiro atoms. The standard InChI is InChI=1S/C7H11Cl3O/c8-5-3-1-2-4-6(9)7(10)11/h6H,1-5H2. The van der Waals surface area contributed by atoms with Gasteiger partial charge in [0.1, 0.15) is 5.38 Å². The second-order valence-electron chi connectivity index (χ2n) is 2.31. The summed E-state index contributed by atoms with van der Waals surface area (Å²) < 4.78 is 0. The van der Waals surface area contributed by atoms with Crippen molar-refractivity contribution >= 4 is 40.0 Å². The van der Waals surface area contributed by atoms with Crippen LogP contribution in [0.4, 0.5) is 0 Å². The summed E-state index contributed by atoms with van der Waals surface area (Å²) in [5, 5.41) is -0.982. The van der Waals surface area contributed by atoms with Gasteiger partial charge in [-0.1, -0.05) is 12.8 Å². The lowest BCUT2D eigenvalue weighted by Crippen LogP contribution is -2.06. The van der Waals surface area contributed by atoms with Crippen LogP contribution < -0.4 is 0 Å². The Bertz CT molecular complexity index is 116. The lowest BCUT2D eigenvalue weighted by molar-refractivity contribution is -0.111. The van der Waals surface area contributed by atoms with Crippen LogP contribution in [-0.2, 0) is 4.79 Å². The van der Waals surface area contributed by atoms with Crippen LogP contribution >= 0.6 is 34.8 Å². The van der Waals surface area contributed by atoms with Crippen LogP contribution in [0.25, 0.3) is 0 Å². The second-order valence-corrected chi connectivity index (χ2v) is 3.59. The maximum absolute atomic E-state index is 10.4. The monoisotopic (exact) mass is 216 g/mol. The molecule has 0 aliphatic heterocycles. The fourth-order valence-electron chi connectivity index (χ4n) is 0.708. The van der Waals surface area contributed by atoms with Gasteiger partial charge in [-0.3, -0.25) is 4.79 Å². The van der Waals surface area contributed by atoms with E-state index in [1.54, 1.807) is 0 Å². The number of halogens is 3. The summed E-state index contributed by atoms with van der Waals surface area (Å²) in [6, 6.07) is 0. The van der Waals surface area contributed by atoms with Crippen LogP contribution in [-0.4, -0.2) is 16.5 Å². The molecule has 0 aromatic heterocycles. The van der Waals surface area contributed by atoms with E-state index in [2.05, 4.69) is 0 Å². The summed E-state index contributed by atoms with van der Waals surface area (Å²) in [5.74, 6) is 0.668. The maximum atomic E-state index is 10.4. The predicted molar refractivity (Wildman–Crippen MR) is 49.7 cm³/mol. The quantitative estimate of drug-likeness (QED) is 0.379. The number of rotatable bonds is 6. The van der Waals surface area contributed by atoms with Crippen molar-refractivity contribution in [1.82, 2.24) is 0 Å². The van der Waals surface area contributed by atoms with E-state index in [1.165, 1.54) is 0 Å². The third-order valence-electron chi connectivity index (χ3n) is 1.34. The number of unbranched alkanes of at least 4 members (excludes halogenated alkanes) is 2. The van der Waals surface area contributed by atoms with E-state index in [4.69, 9.17) is 34.8 Å². The minimum Gasteiger partial charge on any atom is -0.280 e. The minimum atomic E-state index is -0.521. The Balaban J connectivity index is 3.17. The van der Waals surface area contributed by atoms with Crippen LogP contribution in [0.2, 0.25) is 0 Å². The van der Waals surface area contributed by atoms with Crippen molar-refractivity contribution in [2.45, 2.75) is 31.1 Å². The van der Waals surface area contributed by atoms with Crippen molar-refractivity contribution in [2.75, 3.05) is 5.88 Å². The summed E-state index contributed by atoms with van der Waals surface area (Å²) >= 11 is 16.2. The van der Waals surface area contributed by atoms with E-state index in [9.17, 15) is 4.79 Å². The van der Waals surface area contributed by atoms with Crippen LogP contribution in [0.3, 0.4) is 0 Å². The Hall–Kier alpha value is 0.540. The molecular formula is C7H11Cl3O. The molecule has 0 fully saturated rings. The third-order valence-corrected chi connectivity index (χ3v) is 2.40. The molecule has 0 aromatic carbocycles. The van der Waals surface area contributed by atoms with Crippen molar-refractivity contribution < 1.29 is 4.79 Å². The molecule has 1 nitrogen and oxygen atoms in total. The SMILES string of the molecule is O=C(Cl)C(Cl)CCCCCCl. The van der Waals surface area contributed by atoms with Gasteiger partial charge in [-0.2, -0.15) is 0 Å². The summed E-state index contributed by atoms with van der Waals surface area (Å²) in [7, 11) is 0. The molecule has 1 unspecified atom stereocenters. The Kier molecular flexibility index (Phi) is 7.56. The van der Waals surface area contributed by atoms with Gasteiger partial charge >= 0.3 is 0 Å². The van der Waals surface area contributed by atoms with Crippen molar-refractivity contribution in [3.63, 3.8) is 0 Å². The lowest BCUT2D eigenvalue weighted by Gasteiger charge is -2.01. The number of alkyl halides is 2. The van der Waals surface area contributed by atoms with Gasteiger partial charge < -0.3 is 0 Å². The first-order valence-electron chi connectivity index (χ1n) is 3.58. The third kappa shape index (κ3) is 6.92. The summed E-state index contributed by atoms with van der Waals surface area (Å²) in [4.78, 5) is 10.4. The molecule has 0 N–H and O–H groups in total. The van der Waals surface area contributed by atoms with Crippen molar-refractivity contribution in [1.29, 1.82) is 0 Å². The average Bonchev–Trinajstić information content (AvgIpc) is 1.97. The molecule has 66 valence electrons. The molecule has 0 rings (SSSR count). The van der Waals surface area contributed by atoms with E-state index in [-0.39, 0.29) is 0 Å². The zero-order chi connectivity index (χ0) is 8.69. The zero-order valence-corrected chi connectivity index (χ0v) is 8.42. The summed E-state index contributed by atoms with van der Waals surface area (Å²) in [6.45, 7) is 0. The molecule has 0 saturated heterocycles. The highest BCUT2D eigenvalue weighted by Gasteiger charge is 2.10. The topological polar surface area (TPSA) is 17.1 Å². The van der Waals surface area contributed by atoms with Crippen molar-refractivity contribution in [3.8, 4) is 0 Å². The lowest BCUT2D eigenvalue weighted by atomic mass is 10.2. The number of hydrogen-bond acceptors (Lipinski definition) is 1. The van der Waals surface area contributed by atoms with Gasteiger partial charge in [0.25, 0.3) is 0 Å². The molecule has 4 heteroatoms. The minimum absolute atomic E-state index is 0.461. The predicted octanol–water partition coefficient (Wildman–Crippen LogP) is 3.16. The highest BCUT2D eigenvalue weighted by Crippen LogP contribution is 2.11. The largest absolute Gasteiger partial charge is 0.280 e. The Morgan fingerprint density at radius 2 is 1.91 bits per heavy atom. The van der Waals surface area contributed by atoms with Crippen LogP contribution in [0.15, 0.2) is 0 Å². The van der Waals surface area contributed by atoms with Gasteiger partial charge in [-0.15, -0.1) is 23.2 Å². The zero-order valence-electron chi connectivity index (χ0n) is 6.16. The first-order valence-corrected chi connectivity index (χ1v) is 4.92. The molecule has 0 aliphatic rings. The molecule has 0 saturated carbocycles. The van der Waals surface area contributed by atoms with E-state index >= 15 is 0 Å². The summed E-state index contributed by atoms with van der Waals surface area (Å²) in [5.41, 5.74) is 0. The molecule has 0 heterocycles. The van der Waals surface area contributed by atoms with Gasteiger partial charge in [0, 0.05) is 5.88 Å². The highest BCUT2D eigenvalue weighted by molar-refractivity contribution is 6.69. The molecule has 0 amide bonds. The smallest absolute Gasteiger partial charge is 0.239 e. The molecule has 11 heavy (non-hydrogen) atoms. The van der Waals surface area contributed by atoms with E-state index in [0.717, 1.165) is 19.3 Å². The molecule has 1 atom stereocenters. The average molecular weight is 218 g/mol. The number of carbonyl (C=O) groups excluding carboxylic acids is 1. The van der Waals surface area contributed by atoms with E-state index in [1.807, 2.05) is 0 Å². The summed E-state index contributed by atoms with van der Waals surface area (Å²) in [6.07, 6.45) is 3.55. The normalized spacial score (nSPS) is 13.0. The fraction of sp³-hybridized carbons (Fsp3) is 0.857. The van der Waals surface area contributed by atoms with Gasteiger partial charge in [0.15, 0.2) is 0 Å². The molecule has 0 aliphatic carbocycles. The van der Waals surface area contributed by atoms with Crippen LogP contribution in [0.1, 0.15) is 25.7 Å². The first kappa shape index (κ1) is 11.5. The number of hydrogen-bond donors (Lipinski definition) is 0. The second kappa shape index (κ2) is 7.20. The van der Waals surface area contributed by atoms with E-state index < -0.39 is 10.6 Å². The van der Waals surface area contributed by atoms with Gasteiger partial charge in [0.2, 0.25) is 5.24 Å². The molecule has 0 bridgehead atoms. The van der Waals surface area contributed by atoms with Gasteiger partial charge in [-0.25, -0.2) is 0 Å². The Morgan fingerprint density at radius 3 is 2.36 bits per heavy atom. The highest BCUT2D eigenvalue weighted by atomic mass is 35.5. The van der Waals surface area contributed by atoms with Crippen molar-refractivity contribution in [3.05, 3.63) is 0 Å². The van der Waals surface area contributed by atoms with Crippen molar-refractivity contribution in [2.24, 2.45) is 0 Å². The number of carbonyl (C=O) groups is 1. The first-order chi connectivity index (χ1) is 5.18. The van der Waals surface area contributed by atoms with Gasteiger partial charge in [0.05, 0.1) is 0 Å². The molecule has 0 aromatic rings. The van der Waals surface area contributed by atoms with E-state index in [0.29, 0.717) is 12.3 Å². The fourth-order valence-corrected chi connectivity index (χ4v) is 1.16. The maximum Gasteiger partial charge on any atom is 0.239 e. The van der Waals surface area contributed by atoms with Crippen LogP contribution in [0.5, 0.6) is 0 Å². The van der Waals surface area contributed by atoms with Crippen LogP contribution in [0, 0.1) is 0 Å². The Morgan fingerprint density at radius 1 is 1.27 bits per heavy atom. The van der Waals surface area contributed by atoms with Gasteiger partial charge in [-0.05, 0) is 24.4 Å². The molecular weight excluding hydrogens is 206 g/mol. The molecule has 0 radical (unpaired) electrons.